The van der Waals surface area contributed by atoms with Crippen LogP contribution in [0.1, 0.15) is 45.4 Å². The molecule has 2 heterocycles. The molecule has 0 radical (unpaired) electrons. The predicted octanol–water partition coefficient (Wildman–Crippen LogP) is 7.77. The zero-order chi connectivity index (χ0) is 29.5. The zero-order valence-electron chi connectivity index (χ0n) is 20.6. The number of aryl methyl sites for hydroxylation is 2. The first-order valence-corrected chi connectivity index (χ1v) is 13.8. The second-order valence-electron chi connectivity index (χ2n) is 7.95. The van der Waals surface area contributed by atoms with Crippen LogP contribution in [0.4, 0.5) is 26.3 Å². The summed E-state index contributed by atoms with van der Waals surface area (Å²) in [5.41, 5.74) is 0. The number of hydrogen-bond donors (Lipinski definition) is 0. The van der Waals surface area contributed by atoms with Crippen LogP contribution in [0.3, 0.4) is 0 Å². The molecule has 0 aromatic carbocycles. The minimum absolute atomic E-state index is 0.279. The van der Waals surface area contributed by atoms with Crippen molar-refractivity contribution < 1.29 is 40.5 Å². The quantitative estimate of drug-likeness (QED) is 0.0547. The number of amides is 2. The Balaban J connectivity index is 0.000000588. The number of imidazole rings is 1. The third-order valence-electron chi connectivity index (χ3n) is 5.03. The molecule has 0 spiro atoms. The lowest BCUT2D eigenvalue weighted by atomic mass is 9.85. The molecule has 220 valence electrons. The summed E-state index contributed by atoms with van der Waals surface area (Å²) >= 11 is 23.7. The molecule has 2 amide bonds. The number of alkyl halides is 10. The second kappa shape index (κ2) is 19.3. The van der Waals surface area contributed by atoms with Gasteiger partial charge >= 0.3 is 13.4 Å². The minimum Gasteiger partial charge on any atom is -0.273 e. The molecular weight excluding hydrogens is 626 g/mol. The van der Waals surface area contributed by atoms with Crippen molar-refractivity contribution in [3.63, 3.8) is 0 Å². The summed E-state index contributed by atoms with van der Waals surface area (Å²) in [6.45, 7) is -3.92. The molecule has 1 saturated heterocycles. The Bertz CT molecular complexity index is 827. The van der Waals surface area contributed by atoms with Gasteiger partial charge in [0.15, 0.2) is 4.84 Å². The van der Waals surface area contributed by atoms with E-state index in [9.17, 15) is 35.9 Å². The molecule has 0 saturated carbocycles. The highest BCUT2D eigenvalue weighted by Gasteiger charge is 2.51. The molecule has 2 unspecified atom stereocenters. The zero-order valence-corrected chi connectivity index (χ0v) is 24.4. The van der Waals surface area contributed by atoms with Gasteiger partial charge in [0, 0.05) is 11.9 Å². The Morgan fingerprint density at radius 1 is 0.974 bits per heavy atom. The van der Waals surface area contributed by atoms with Gasteiger partial charge in [-0.15, -0.1) is 23.2 Å². The summed E-state index contributed by atoms with van der Waals surface area (Å²) in [6.07, 6.45) is 16.6. The molecule has 1 aromatic heterocycles. The smallest absolute Gasteiger partial charge is 0.273 e. The van der Waals surface area contributed by atoms with Crippen molar-refractivity contribution in [2.75, 3.05) is 0 Å². The van der Waals surface area contributed by atoms with E-state index in [0.29, 0.717) is 24.8 Å². The van der Waals surface area contributed by atoms with Gasteiger partial charge in [-0.2, -0.15) is 26.3 Å². The van der Waals surface area contributed by atoms with Gasteiger partial charge in [-0.1, -0.05) is 55.1 Å². The largest absolute Gasteiger partial charge is 0.379 e. The molecular formula is C22H30Cl4F6N3O2S+. The van der Waals surface area contributed by atoms with E-state index in [-0.39, 0.29) is 23.7 Å². The van der Waals surface area contributed by atoms with Crippen LogP contribution in [-0.2, 0) is 23.2 Å². The molecule has 3 rings (SSSR count). The predicted molar refractivity (Wildman–Crippen MR) is 139 cm³/mol. The number of allylic oxidation sites excluding steroid dienone is 2. The van der Waals surface area contributed by atoms with Gasteiger partial charge in [0.1, 0.15) is 12.4 Å². The first kappa shape index (κ1) is 37.2. The van der Waals surface area contributed by atoms with E-state index in [1.165, 1.54) is 32.2 Å². The Kier molecular flexibility index (Phi) is 18.9. The van der Waals surface area contributed by atoms with Gasteiger partial charge in [-0.05, 0) is 25.7 Å². The first-order valence-electron chi connectivity index (χ1n) is 11.4. The van der Waals surface area contributed by atoms with Gasteiger partial charge in [0.25, 0.3) is 0 Å². The summed E-state index contributed by atoms with van der Waals surface area (Å²) in [5.74, 6) is -1.19. The number of hydrogen-bond acceptors (Lipinski definition) is 3. The fourth-order valence-corrected chi connectivity index (χ4v) is 4.80. The Hall–Kier alpha value is -0.820. The maximum atomic E-state index is 12.1. The van der Waals surface area contributed by atoms with E-state index < -0.39 is 21.9 Å². The average Bonchev–Trinajstić information content (AvgIpc) is 3.33. The molecule has 38 heavy (non-hydrogen) atoms. The summed E-state index contributed by atoms with van der Waals surface area (Å²) in [7, 11) is 2.06. The van der Waals surface area contributed by atoms with E-state index >= 15 is 0 Å². The minimum atomic E-state index is -3.67. The van der Waals surface area contributed by atoms with Crippen molar-refractivity contribution in [2.45, 2.75) is 73.9 Å². The molecule has 0 bridgehead atoms. The number of fused-ring (bicyclic) bond motifs is 1. The van der Waals surface area contributed by atoms with E-state index in [4.69, 9.17) is 46.4 Å². The molecule has 2 aliphatic rings. The van der Waals surface area contributed by atoms with Crippen LogP contribution in [0, 0.1) is 11.8 Å². The van der Waals surface area contributed by atoms with Gasteiger partial charge < -0.3 is 0 Å². The Labute approximate surface area is 242 Å². The number of carbonyl (C=O) groups is 2. The van der Waals surface area contributed by atoms with Gasteiger partial charge in [0.2, 0.25) is 21.8 Å². The number of imide groups is 1. The lowest BCUT2D eigenvalue weighted by molar-refractivity contribution is -0.671. The average molecular weight is 656 g/mol. The van der Waals surface area contributed by atoms with Gasteiger partial charge in [0.05, 0.1) is 25.4 Å². The van der Waals surface area contributed by atoms with E-state index in [2.05, 4.69) is 41.8 Å². The normalized spacial score (nSPS) is 18.6. The van der Waals surface area contributed by atoms with Crippen LogP contribution >= 0.6 is 58.4 Å². The van der Waals surface area contributed by atoms with Crippen LogP contribution in [-0.4, -0.2) is 42.5 Å². The van der Waals surface area contributed by atoms with Gasteiger partial charge in [-0.25, -0.2) is 13.4 Å². The summed E-state index contributed by atoms with van der Waals surface area (Å²) in [5, 5.41) is 0. The summed E-state index contributed by atoms with van der Waals surface area (Å²) in [6, 6.07) is 0. The SMILES string of the molecule is CCCCCCn1cc[n+](C)c1.FC(F)F.FC(F)F.O=C1C2CC=CCC2C(=O)N1SC(Cl)(Cl)C(Cl)Cl. The Morgan fingerprint density at radius 3 is 1.82 bits per heavy atom. The maximum absolute atomic E-state index is 12.1. The van der Waals surface area contributed by atoms with E-state index in [1.807, 2.05) is 12.2 Å². The number of nitrogens with zero attached hydrogens (tertiary/aromatic N) is 3. The highest BCUT2D eigenvalue weighted by atomic mass is 35.5. The monoisotopic (exact) mass is 654 g/mol. The first-order chi connectivity index (χ1) is 17.6. The third kappa shape index (κ3) is 15.1. The van der Waals surface area contributed by atoms with Crippen molar-refractivity contribution in [1.82, 2.24) is 8.87 Å². The number of rotatable bonds is 8. The van der Waals surface area contributed by atoms with E-state index in [0.717, 1.165) is 4.31 Å². The highest BCUT2D eigenvalue weighted by molar-refractivity contribution is 8.02. The van der Waals surface area contributed by atoms with Crippen molar-refractivity contribution >= 4 is 70.2 Å². The molecule has 1 fully saturated rings. The van der Waals surface area contributed by atoms with Crippen LogP contribution in [0.15, 0.2) is 30.9 Å². The molecule has 1 aliphatic carbocycles. The fraction of sp³-hybridized carbons (Fsp3) is 0.682. The lowest BCUT2D eigenvalue weighted by Crippen LogP contribution is -2.31. The number of carbonyl (C=O) groups excluding carboxylic acids is 2. The van der Waals surface area contributed by atoms with Crippen molar-refractivity contribution in [3.8, 4) is 0 Å². The topological polar surface area (TPSA) is 46.2 Å². The third-order valence-corrected chi connectivity index (χ3v) is 8.26. The number of unbranched alkanes of at least 4 members (excludes halogenated alkanes) is 3. The van der Waals surface area contributed by atoms with Gasteiger partial charge in [-0.3, -0.25) is 9.59 Å². The fourth-order valence-electron chi connectivity index (χ4n) is 3.38. The van der Waals surface area contributed by atoms with Crippen molar-refractivity contribution in [3.05, 3.63) is 30.9 Å². The molecule has 1 aliphatic heterocycles. The van der Waals surface area contributed by atoms with Crippen LogP contribution < -0.4 is 4.57 Å². The number of aromatic nitrogens is 2. The van der Waals surface area contributed by atoms with Crippen LogP contribution in [0.5, 0.6) is 0 Å². The molecule has 0 N–H and O–H groups in total. The van der Waals surface area contributed by atoms with Crippen molar-refractivity contribution in [2.24, 2.45) is 18.9 Å². The van der Waals surface area contributed by atoms with E-state index in [1.54, 1.807) is 0 Å². The van der Waals surface area contributed by atoms with Crippen molar-refractivity contribution in [1.29, 1.82) is 0 Å². The molecule has 16 heteroatoms. The van der Waals surface area contributed by atoms with Crippen LogP contribution in [0.2, 0.25) is 0 Å². The summed E-state index contributed by atoms with van der Waals surface area (Å²) < 4.78 is 61.7. The van der Waals surface area contributed by atoms with Crippen LogP contribution in [0.25, 0.3) is 0 Å². The second-order valence-corrected chi connectivity index (χ2v) is 12.1. The summed E-state index contributed by atoms with van der Waals surface area (Å²) in [4.78, 5) is 23.1. The highest BCUT2D eigenvalue weighted by Crippen LogP contribution is 2.48. The standard InChI is InChI=1S/C10H9Cl4NO2S.C10H19N2.2CHF3/c11-9(12)10(13,14)18-15-7(16)5-3-1-2-4-6(5)8(15)17;1-3-4-5-6-7-12-9-8-11(2)10-12;2*2-1(3)4/h1-2,5-6,9H,3-4H2;8-10H,3-7H2,1-2H3;2*1H/q;+1;;. The number of halogens is 10. The lowest BCUT2D eigenvalue weighted by Gasteiger charge is -2.24. The maximum Gasteiger partial charge on any atom is 0.379 e. The Morgan fingerprint density at radius 2 is 1.45 bits per heavy atom. The molecule has 5 nitrogen and oxygen atoms in total. The molecule has 2 atom stereocenters. The molecule has 1 aromatic rings.